The average Bonchev–Trinajstić information content (AvgIpc) is 2.97. The molecule has 0 unspecified atom stereocenters. The molecule has 1 N–H and O–H groups in total. The number of rotatable bonds is 6. The normalized spacial score (nSPS) is 11.4. The standard InChI is InChI=1S/C19H26N2O3/c1-6-23-14-7-8-15(13(2)11-14)21-17(22)9-10-18-20-12-16(24-18)19(3,4)5/h7-8,11-12H,6,9-10H2,1-5H3,(H,21,22). The van der Waals surface area contributed by atoms with Gasteiger partial charge in [-0.05, 0) is 37.6 Å². The fraction of sp³-hybridized carbons (Fsp3) is 0.474. The summed E-state index contributed by atoms with van der Waals surface area (Å²) in [6.07, 6.45) is 2.55. The number of carbonyl (C=O) groups is 1. The van der Waals surface area contributed by atoms with Crippen LogP contribution in [0.15, 0.2) is 28.8 Å². The summed E-state index contributed by atoms with van der Waals surface area (Å²) >= 11 is 0. The summed E-state index contributed by atoms with van der Waals surface area (Å²) in [7, 11) is 0. The molecule has 0 aliphatic carbocycles. The Morgan fingerprint density at radius 2 is 2.08 bits per heavy atom. The Hall–Kier alpha value is -2.30. The van der Waals surface area contributed by atoms with Gasteiger partial charge >= 0.3 is 0 Å². The smallest absolute Gasteiger partial charge is 0.224 e. The minimum atomic E-state index is -0.0765. The second-order valence-electron chi connectivity index (χ2n) is 6.83. The van der Waals surface area contributed by atoms with Gasteiger partial charge in [-0.3, -0.25) is 4.79 Å². The summed E-state index contributed by atoms with van der Waals surface area (Å²) in [4.78, 5) is 16.4. The number of carbonyl (C=O) groups excluding carboxylic acids is 1. The summed E-state index contributed by atoms with van der Waals surface area (Å²) < 4.78 is 11.2. The zero-order chi connectivity index (χ0) is 17.7. The fourth-order valence-corrected chi connectivity index (χ4v) is 2.24. The molecule has 0 spiro atoms. The third-order valence-electron chi connectivity index (χ3n) is 3.64. The van der Waals surface area contributed by atoms with Crippen molar-refractivity contribution in [3.8, 4) is 5.75 Å². The van der Waals surface area contributed by atoms with Gasteiger partial charge in [-0.15, -0.1) is 0 Å². The fourth-order valence-electron chi connectivity index (χ4n) is 2.24. The van der Waals surface area contributed by atoms with Crippen LogP contribution in [0.25, 0.3) is 0 Å². The highest BCUT2D eigenvalue weighted by atomic mass is 16.5. The molecule has 2 rings (SSSR count). The molecule has 24 heavy (non-hydrogen) atoms. The zero-order valence-electron chi connectivity index (χ0n) is 15.1. The molecule has 0 saturated carbocycles. The Morgan fingerprint density at radius 3 is 2.67 bits per heavy atom. The Bertz CT molecular complexity index is 699. The van der Waals surface area contributed by atoms with Crippen LogP contribution in [0.1, 0.15) is 51.3 Å². The van der Waals surface area contributed by atoms with E-state index in [0.717, 1.165) is 22.8 Å². The van der Waals surface area contributed by atoms with E-state index in [1.54, 1.807) is 6.20 Å². The van der Waals surface area contributed by atoms with Crippen molar-refractivity contribution in [1.29, 1.82) is 0 Å². The van der Waals surface area contributed by atoms with Gasteiger partial charge in [0.1, 0.15) is 11.5 Å². The number of oxazole rings is 1. The molecule has 2 aromatic rings. The topological polar surface area (TPSA) is 64.4 Å². The van der Waals surface area contributed by atoms with E-state index in [4.69, 9.17) is 9.15 Å². The molecule has 0 radical (unpaired) electrons. The largest absolute Gasteiger partial charge is 0.494 e. The second-order valence-corrected chi connectivity index (χ2v) is 6.83. The summed E-state index contributed by atoms with van der Waals surface area (Å²) in [6, 6.07) is 5.64. The predicted molar refractivity (Wildman–Crippen MR) is 94.5 cm³/mol. The molecule has 5 heteroatoms. The minimum Gasteiger partial charge on any atom is -0.494 e. The van der Waals surface area contributed by atoms with Crippen LogP contribution in [0.5, 0.6) is 5.75 Å². The lowest BCUT2D eigenvalue weighted by atomic mass is 9.94. The van der Waals surface area contributed by atoms with Gasteiger partial charge in [-0.25, -0.2) is 4.98 Å². The van der Waals surface area contributed by atoms with E-state index in [1.807, 2.05) is 32.0 Å². The Labute approximate surface area is 143 Å². The Balaban J connectivity index is 1.90. The van der Waals surface area contributed by atoms with Crippen molar-refractivity contribution in [2.75, 3.05) is 11.9 Å². The number of ether oxygens (including phenoxy) is 1. The summed E-state index contributed by atoms with van der Waals surface area (Å²) in [5, 5.41) is 2.92. The van der Waals surface area contributed by atoms with Crippen LogP contribution in [0, 0.1) is 6.92 Å². The Kier molecular flexibility index (Phi) is 5.65. The first kappa shape index (κ1) is 18.0. The van der Waals surface area contributed by atoms with Crippen LogP contribution < -0.4 is 10.1 Å². The quantitative estimate of drug-likeness (QED) is 0.860. The highest BCUT2D eigenvalue weighted by molar-refractivity contribution is 5.91. The first-order valence-electron chi connectivity index (χ1n) is 8.28. The Morgan fingerprint density at radius 1 is 1.33 bits per heavy atom. The first-order chi connectivity index (χ1) is 11.3. The van der Waals surface area contributed by atoms with Crippen molar-refractivity contribution in [2.24, 2.45) is 0 Å². The van der Waals surface area contributed by atoms with E-state index in [0.29, 0.717) is 25.3 Å². The van der Waals surface area contributed by atoms with Crippen molar-refractivity contribution >= 4 is 11.6 Å². The lowest BCUT2D eigenvalue weighted by Gasteiger charge is -2.13. The molecule has 0 aliphatic heterocycles. The van der Waals surface area contributed by atoms with Gasteiger partial charge in [0.05, 0.1) is 12.8 Å². The second kappa shape index (κ2) is 7.51. The van der Waals surface area contributed by atoms with Gasteiger partial charge in [0, 0.05) is 23.9 Å². The molecule has 1 amide bonds. The molecule has 0 fully saturated rings. The van der Waals surface area contributed by atoms with Gasteiger partial charge in [0.15, 0.2) is 5.89 Å². The third-order valence-corrected chi connectivity index (χ3v) is 3.64. The van der Waals surface area contributed by atoms with Gasteiger partial charge in [-0.2, -0.15) is 0 Å². The van der Waals surface area contributed by atoms with E-state index in [1.165, 1.54) is 0 Å². The average molecular weight is 330 g/mol. The molecule has 1 aromatic heterocycles. The molecule has 1 heterocycles. The lowest BCUT2D eigenvalue weighted by Crippen LogP contribution is -2.13. The predicted octanol–water partition coefficient (Wildman–Crippen LogP) is 4.25. The van der Waals surface area contributed by atoms with Crippen LogP contribution in [-0.4, -0.2) is 17.5 Å². The lowest BCUT2D eigenvalue weighted by molar-refractivity contribution is -0.116. The number of nitrogens with zero attached hydrogens (tertiary/aromatic N) is 1. The number of benzene rings is 1. The highest BCUT2D eigenvalue weighted by Gasteiger charge is 2.19. The molecule has 0 bridgehead atoms. The van der Waals surface area contributed by atoms with Crippen LogP contribution in [0.4, 0.5) is 5.69 Å². The first-order valence-corrected chi connectivity index (χ1v) is 8.28. The van der Waals surface area contributed by atoms with Crippen LogP contribution >= 0.6 is 0 Å². The molecule has 0 aliphatic rings. The van der Waals surface area contributed by atoms with Gasteiger partial charge < -0.3 is 14.5 Å². The number of hydrogen-bond donors (Lipinski definition) is 1. The van der Waals surface area contributed by atoms with Gasteiger partial charge in [0.25, 0.3) is 0 Å². The monoisotopic (exact) mass is 330 g/mol. The summed E-state index contributed by atoms with van der Waals surface area (Å²) in [5.41, 5.74) is 1.69. The molecule has 5 nitrogen and oxygen atoms in total. The molecule has 130 valence electrons. The number of aromatic nitrogens is 1. The zero-order valence-corrected chi connectivity index (χ0v) is 15.1. The molecule has 0 atom stereocenters. The van der Waals surface area contributed by atoms with Gasteiger partial charge in [-0.1, -0.05) is 20.8 Å². The summed E-state index contributed by atoms with van der Waals surface area (Å²) in [6.45, 7) is 10.7. The number of anilines is 1. The number of nitrogens with one attached hydrogen (secondary N) is 1. The SMILES string of the molecule is CCOc1ccc(NC(=O)CCc2ncc(C(C)(C)C)o2)c(C)c1. The molecular weight excluding hydrogens is 304 g/mol. The van der Waals surface area contributed by atoms with Gasteiger partial charge in [0.2, 0.25) is 5.91 Å². The van der Waals surface area contributed by atoms with Crippen molar-refractivity contribution in [3.05, 3.63) is 41.6 Å². The van der Waals surface area contributed by atoms with Crippen molar-refractivity contribution in [3.63, 3.8) is 0 Å². The summed E-state index contributed by atoms with van der Waals surface area (Å²) in [5.74, 6) is 2.18. The van der Waals surface area contributed by atoms with Crippen LogP contribution in [0.3, 0.4) is 0 Å². The van der Waals surface area contributed by atoms with E-state index in [-0.39, 0.29) is 11.3 Å². The minimum absolute atomic E-state index is 0.0576. The van der Waals surface area contributed by atoms with Crippen molar-refractivity contribution in [1.82, 2.24) is 4.98 Å². The number of amides is 1. The molecular formula is C19H26N2O3. The maximum absolute atomic E-state index is 12.1. The van der Waals surface area contributed by atoms with Crippen LogP contribution in [-0.2, 0) is 16.6 Å². The van der Waals surface area contributed by atoms with Crippen LogP contribution in [0.2, 0.25) is 0 Å². The van der Waals surface area contributed by atoms with Crippen molar-refractivity contribution < 1.29 is 13.9 Å². The number of hydrogen-bond acceptors (Lipinski definition) is 4. The number of aryl methyl sites for hydroxylation is 2. The van der Waals surface area contributed by atoms with E-state index in [9.17, 15) is 4.79 Å². The molecule has 0 saturated heterocycles. The van der Waals surface area contributed by atoms with E-state index >= 15 is 0 Å². The van der Waals surface area contributed by atoms with Crippen molar-refractivity contribution in [2.45, 2.75) is 52.9 Å². The maximum Gasteiger partial charge on any atom is 0.224 e. The van der Waals surface area contributed by atoms with E-state index in [2.05, 4.69) is 31.1 Å². The van der Waals surface area contributed by atoms with E-state index < -0.39 is 0 Å². The highest BCUT2D eigenvalue weighted by Crippen LogP contribution is 2.24. The maximum atomic E-state index is 12.1. The third kappa shape index (κ3) is 4.85. The molecule has 1 aromatic carbocycles.